The van der Waals surface area contributed by atoms with Crippen LogP contribution in [0.2, 0.25) is 0 Å². The third-order valence-electron chi connectivity index (χ3n) is 3.74. The fraction of sp³-hybridized carbons (Fsp3) is 0.429. The lowest BCUT2D eigenvalue weighted by molar-refractivity contribution is 0.444. The molecule has 0 bridgehead atoms. The third kappa shape index (κ3) is 1.77. The first-order chi connectivity index (χ1) is 7.83. The van der Waals surface area contributed by atoms with E-state index in [0.29, 0.717) is 0 Å². The second-order valence-electron chi connectivity index (χ2n) is 4.99. The second kappa shape index (κ2) is 4.01. The quantitative estimate of drug-likeness (QED) is 0.662. The molecule has 1 fully saturated rings. The minimum Gasteiger partial charge on any atom is -0.472 e. The highest BCUT2D eigenvalue weighted by Crippen LogP contribution is 2.33. The monoisotopic (exact) mass is 212 g/mol. The van der Waals surface area contributed by atoms with Gasteiger partial charge in [-0.05, 0) is 42.5 Å². The fourth-order valence-corrected chi connectivity index (χ4v) is 2.88. The zero-order valence-corrected chi connectivity index (χ0v) is 9.83. The molecule has 1 aliphatic carbocycles. The number of fused-ring (bicyclic) bond motifs is 1. The Morgan fingerprint density at radius 2 is 1.88 bits per heavy atom. The predicted octanol–water partition coefficient (Wildman–Crippen LogP) is 2.74. The molecule has 0 spiro atoms. The summed E-state index contributed by atoms with van der Waals surface area (Å²) in [6, 6.07) is 8.84. The molecule has 1 aromatic heterocycles. The number of hydrogen-bond donors (Lipinski definition) is 0. The van der Waals surface area contributed by atoms with E-state index >= 15 is 0 Å². The van der Waals surface area contributed by atoms with Crippen molar-refractivity contribution in [2.45, 2.75) is 38.0 Å². The van der Waals surface area contributed by atoms with E-state index in [9.17, 15) is 0 Å². The Balaban J connectivity index is 1.97. The highest BCUT2D eigenvalue weighted by Gasteiger charge is 2.15. The maximum Gasteiger partial charge on any atom is 0.186 e. The molecule has 16 heavy (non-hydrogen) atoms. The molecule has 1 heterocycles. The van der Waals surface area contributed by atoms with Crippen LogP contribution in [0.15, 0.2) is 28.7 Å². The van der Waals surface area contributed by atoms with Crippen LogP contribution in [0.3, 0.4) is 0 Å². The highest BCUT2D eigenvalue weighted by atomic mass is 16.3. The van der Waals surface area contributed by atoms with Crippen molar-refractivity contribution < 1.29 is 4.42 Å². The van der Waals surface area contributed by atoms with Crippen LogP contribution in [0.25, 0.3) is 11.0 Å². The summed E-state index contributed by atoms with van der Waals surface area (Å²) in [4.78, 5) is 0. The molecule has 1 aliphatic rings. The topological polar surface area (TPSA) is 13.1 Å². The van der Waals surface area contributed by atoms with Crippen LogP contribution in [-0.2, 0) is 0 Å². The zero-order chi connectivity index (χ0) is 11.0. The van der Waals surface area contributed by atoms with Gasteiger partial charge in [0.15, 0.2) is 7.85 Å². The highest BCUT2D eigenvalue weighted by molar-refractivity contribution is 6.31. The van der Waals surface area contributed by atoms with Crippen LogP contribution in [-0.4, -0.2) is 7.85 Å². The minimum absolute atomic E-state index is 0.786. The Labute approximate surface area is 97.2 Å². The number of rotatable bonds is 1. The van der Waals surface area contributed by atoms with Gasteiger partial charge in [0, 0.05) is 5.39 Å². The van der Waals surface area contributed by atoms with E-state index in [4.69, 9.17) is 4.42 Å². The molecular formula is C14H17BO. The summed E-state index contributed by atoms with van der Waals surface area (Å²) in [7, 11) is 2.01. The van der Waals surface area contributed by atoms with E-state index in [1.807, 2.05) is 7.85 Å². The molecular weight excluding hydrogens is 195 g/mol. The van der Waals surface area contributed by atoms with Gasteiger partial charge in [0.1, 0.15) is 5.58 Å². The lowest BCUT2D eigenvalue weighted by Crippen LogP contribution is -2.03. The average Bonchev–Trinajstić information content (AvgIpc) is 2.69. The minimum atomic E-state index is 0.786. The van der Waals surface area contributed by atoms with Gasteiger partial charge in [-0.3, -0.25) is 0 Å². The first-order valence-electron chi connectivity index (χ1n) is 6.33. The van der Waals surface area contributed by atoms with Gasteiger partial charge in [0.05, 0.1) is 5.66 Å². The van der Waals surface area contributed by atoms with E-state index in [1.54, 1.807) is 0 Å². The Morgan fingerprint density at radius 1 is 1.06 bits per heavy atom. The maximum atomic E-state index is 5.61. The number of furan rings is 1. The van der Waals surface area contributed by atoms with E-state index < -0.39 is 0 Å². The van der Waals surface area contributed by atoms with Crippen molar-refractivity contribution >= 4 is 24.5 Å². The zero-order valence-electron chi connectivity index (χ0n) is 9.83. The molecule has 82 valence electrons. The van der Waals surface area contributed by atoms with Crippen molar-refractivity contribution in [2.75, 3.05) is 0 Å². The van der Waals surface area contributed by atoms with Crippen molar-refractivity contribution in [3.8, 4) is 0 Å². The van der Waals surface area contributed by atoms with Crippen LogP contribution >= 0.6 is 0 Å². The van der Waals surface area contributed by atoms with Gasteiger partial charge in [-0.15, -0.1) is 0 Å². The van der Waals surface area contributed by atoms with E-state index in [2.05, 4.69) is 24.3 Å². The smallest absolute Gasteiger partial charge is 0.186 e. The Hall–Kier alpha value is -1.18. The third-order valence-corrected chi connectivity index (χ3v) is 3.74. The van der Waals surface area contributed by atoms with Crippen LogP contribution in [0.4, 0.5) is 0 Å². The van der Waals surface area contributed by atoms with Crippen molar-refractivity contribution in [2.24, 2.45) is 0 Å². The molecule has 0 atom stereocenters. The van der Waals surface area contributed by atoms with E-state index in [-0.39, 0.29) is 0 Å². The Morgan fingerprint density at radius 3 is 2.69 bits per heavy atom. The van der Waals surface area contributed by atoms with Crippen molar-refractivity contribution in [1.29, 1.82) is 0 Å². The van der Waals surface area contributed by atoms with Gasteiger partial charge in [0.2, 0.25) is 0 Å². The first kappa shape index (κ1) is 10.0. The van der Waals surface area contributed by atoms with Crippen LogP contribution in [0.5, 0.6) is 0 Å². The molecule has 3 rings (SSSR count). The molecule has 2 heteroatoms. The molecule has 1 saturated carbocycles. The lowest BCUT2D eigenvalue weighted by atomic mass is 9.84. The molecule has 1 nitrogen and oxygen atoms in total. The van der Waals surface area contributed by atoms with Gasteiger partial charge in [-0.25, -0.2) is 0 Å². The molecule has 0 unspecified atom stereocenters. The normalized spacial score (nSPS) is 18.0. The van der Waals surface area contributed by atoms with Crippen molar-refractivity contribution in [3.05, 3.63) is 29.8 Å². The van der Waals surface area contributed by atoms with Crippen molar-refractivity contribution in [1.82, 2.24) is 0 Å². The van der Waals surface area contributed by atoms with Gasteiger partial charge in [-0.1, -0.05) is 25.3 Å². The predicted molar refractivity (Wildman–Crippen MR) is 70.2 cm³/mol. The molecule has 0 N–H and O–H groups in total. The van der Waals surface area contributed by atoms with Crippen molar-refractivity contribution in [3.63, 3.8) is 0 Å². The molecule has 0 radical (unpaired) electrons. The summed E-state index contributed by atoms with van der Waals surface area (Å²) in [5.41, 5.74) is 3.54. The summed E-state index contributed by atoms with van der Waals surface area (Å²) in [6.07, 6.45) is 6.94. The summed E-state index contributed by atoms with van der Waals surface area (Å²) in [6.45, 7) is 0. The fourth-order valence-electron chi connectivity index (χ4n) is 2.88. The second-order valence-corrected chi connectivity index (χ2v) is 4.99. The lowest BCUT2D eigenvalue weighted by Gasteiger charge is -2.21. The molecule has 1 aromatic carbocycles. The molecule has 0 amide bonds. The standard InChI is InChI=1S/C14H17BO/c15-14-9-12-8-11(6-7-13(12)16-14)10-4-2-1-3-5-10/h6-10H,1-5,15H2. The molecule has 2 aromatic rings. The average molecular weight is 212 g/mol. The Bertz CT molecular complexity index is 494. The molecule has 0 saturated heterocycles. The van der Waals surface area contributed by atoms with Gasteiger partial charge in [-0.2, -0.15) is 0 Å². The molecule has 0 aliphatic heterocycles. The Kier molecular flexibility index (Phi) is 2.51. The first-order valence-corrected chi connectivity index (χ1v) is 6.33. The van der Waals surface area contributed by atoms with Gasteiger partial charge < -0.3 is 4.42 Å². The summed E-state index contributed by atoms with van der Waals surface area (Å²) < 4.78 is 5.61. The largest absolute Gasteiger partial charge is 0.472 e. The van der Waals surface area contributed by atoms with Crippen LogP contribution in [0.1, 0.15) is 43.6 Å². The van der Waals surface area contributed by atoms with Gasteiger partial charge >= 0.3 is 0 Å². The summed E-state index contributed by atoms with van der Waals surface area (Å²) in [5.74, 6) is 0.786. The summed E-state index contributed by atoms with van der Waals surface area (Å²) in [5, 5.41) is 1.26. The summed E-state index contributed by atoms with van der Waals surface area (Å²) >= 11 is 0. The van der Waals surface area contributed by atoms with Gasteiger partial charge in [0.25, 0.3) is 0 Å². The number of hydrogen-bond acceptors (Lipinski definition) is 1. The van der Waals surface area contributed by atoms with Crippen LogP contribution in [0, 0.1) is 0 Å². The number of benzene rings is 1. The SMILES string of the molecule is Bc1cc2cc(C3CCCCC3)ccc2o1. The maximum absolute atomic E-state index is 5.61. The van der Waals surface area contributed by atoms with E-state index in [1.165, 1.54) is 43.1 Å². The van der Waals surface area contributed by atoms with Crippen LogP contribution < -0.4 is 5.66 Å². The van der Waals surface area contributed by atoms with E-state index in [0.717, 1.165) is 17.2 Å².